The van der Waals surface area contributed by atoms with Crippen molar-refractivity contribution in [1.82, 2.24) is 4.98 Å². The molecule has 0 saturated carbocycles. The van der Waals surface area contributed by atoms with Gasteiger partial charge in [0.1, 0.15) is 22.3 Å². The molecule has 0 radical (unpaired) electrons. The van der Waals surface area contributed by atoms with E-state index >= 15 is 0 Å². The third-order valence-electron chi connectivity index (χ3n) is 3.64. The van der Waals surface area contributed by atoms with E-state index in [9.17, 15) is 9.59 Å². The minimum atomic E-state index is -0.373. The van der Waals surface area contributed by atoms with E-state index in [0.29, 0.717) is 27.9 Å². The van der Waals surface area contributed by atoms with Gasteiger partial charge < -0.3 is 10.7 Å². The lowest BCUT2D eigenvalue weighted by Gasteiger charge is -2.28. The van der Waals surface area contributed by atoms with Gasteiger partial charge in [-0.2, -0.15) is 5.26 Å². The number of nitriles is 1. The molecule has 3 N–H and O–H groups in total. The molecule has 102 valence electrons. The number of Topliss-reactive ketones (excluding diaryl/α,β-unsaturated/α-hetero) is 1. The number of nitrogens with one attached hydrogen (secondary N) is 1. The van der Waals surface area contributed by atoms with Gasteiger partial charge in [0.05, 0.1) is 10.3 Å². The molecule has 0 amide bonds. The number of thiophene rings is 1. The number of pyridine rings is 1. The van der Waals surface area contributed by atoms with Crippen LogP contribution in [0.25, 0.3) is 10.2 Å². The zero-order chi connectivity index (χ0) is 14.7. The molecular weight excluding hydrogens is 274 g/mol. The number of hydrogen-bond acceptors (Lipinski definition) is 5. The van der Waals surface area contributed by atoms with Crippen LogP contribution in [0.5, 0.6) is 0 Å². The molecule has 0 aliphatic heterocycles. The van der Waals surface area contributed by atoms with Crippen LogP contribution in [0.1, 0.15) is 41.1 Å². The van der Waals surface area contributed by atoms with Crippen molar-refractivity contribution in [1.29, 1.82) is 5.26 Å². The van der Waals surface area contributed by atoms with Gasteiger partial charge >= 0.3 is 0 Å². The summed E-state index contributed by atoms with van der Waals surface area (Å²) >= 11 is 1.26. The van der Waals surface area contributed by atoms with Crippen molar-refractivity contribution < 1.29 is 4.79 Å². The van der Waals surface area contributed by atoms with Gasteiger partial charge in [-0.3, -0.25) is 9.59 Å². The van der Waals surface area contributed by atoms with Crippen LogP contribution >= 0.6 is 11.3 Å². The van der Waals surface area contributed by atoms with Crippen molar-refractivity contribution in [2.75, 3.05) is 5.73 Å². The number of nitrogens with zero attached hydrogens (tertiary/aromatic N) is 1. The lowest BCUT2D eigenvalue weighted by Crippen LogP contribution is -2.26. The Morgan fingerprint density at radius 1 is 1.35 bits per heavy atom. The summed E-state index contributed by atoms with van der Waals surface area (Å²) in [6.07, 6.45) is 1.13. The van der Waals surface area contributed by atoms with Gasteiger partial charge in [-0.05, 0) is 17.4 Å². The summed E-state index contributed by atoms with van der Waals surface area (Å²) < 4.78 is 0. The quantitative estimate of drug-likeness (QED) is 0.775. The molecule has 2 aromatic heterocycles. The Morgan fingerprint density at radius 2 is 2.05 bits per heavy atom. The van der Waals surface area contributed by atoms with Crippen LogP contribution in [0.2, 0.25) is 0 Å². The van der Waals surface area contributed by atoms with E-state index in [1.165, 1.54) is 11.3 Å². The van der Waals surface area contributed by atoms with Gasteiger partial charge in [0.15, 0.2) is 5.78 Å². The van der Waals surface area contributed by atoms with Crippen molar-refractivity contribution in [2.24, 2.45) is 5.41 Å². The molecule has 0 atom stereocenters. The standard InChI is InChI=1S/C14H13N3O2S/c1-14(2)3-6-9-10(19)7(5-15)12(16)17-13(9)20-11(6)8(18)4-14/h3-4H2,1-2H3,(H3,16,17,19). The number of rotatable bonds is 0. The predicted octanol–water partition coefficient (Wildman–Crippen LogP) is 2.20. The zero-order valence-corrected chi connectivity index (χ0v) is 12.0. The summed E-state index contributed by atoms with van der Waals surface area (Å²) in [7, 11) is 0. The highest BCUT2D eigenvalue weighted by Gasteiger charge is 2.35. The van der Waals surface area contributed by atoms with Crippen LogP contribution in [0.3, 0.4) is 0 Å². The maximum atomic E-state index is 12.4. The van der Waals surface area contributed by atoms with Crippen LogP contribution in [0, 0.1) is 16.7 Å². The largest absolute Gasteiger partial charge is 0.384 e. The van der Waals surface area contributed by atoms with E-state index in [1.807, 2.05) is 19.9 Å². The molecule has 0 saturated heterocycles. The highest BCUT2D eigenvalue weighted by Crippen LogP contribution is 2.41. The summed E-state index contributed by atoms with van der Waals surface area (Å²) in [5.41, 5.74) is 5.84. The third-order valence-corrected chi connectivity index (χ3v) is 4.83. The summed E-state index contributed by atoms with van der Waals surface area (Å²) in [6.45, 7) is 4.02. The van der Waals surface area contributed by atoms with Crippen molar-refractivity contribution in [3.63, 3.8) is 0 Å². The summed E-state index contributed by atoms with van der Waals surface area (Å²) in [5.74, 6) is 0.123. The first-order valence-electron chi connectivity index (χ1n) is 6.24. The van der Waals surface area contributed by atoms with Crippen LogP contribution in [-0.4, -0.2) is 10.8 Å². The van der Waals surface area contributed by atoms with E-state index in [0.717, 1.165) is 5.56 Å². The molecule has 20 heavy (non-hydrogen) atoms. The van der Waals surface area contributed by atoms with E-state index in [2.05, 4.69) is 4.98 Å². The van der Waals surface area contributed by atoms with E-state index < -0.39 is 0 Å². The lowest BCUT2D eigenvalue weighted by molar-refractivity contribution is 0.0918. The second-order valence-corrected chi connectivity index (χ2v) is 6.93. The molecule has 6 heteroatoms. The number of carbonyl (C=O) groups is 1. The number of anilines is 1. The Morgan fingerprint density at radius 3 is 2.70 bits per heavy atom. The second kappa shape index (κ2) is 3.93. The maximum Gasteiger partial charge on any atom is 0.210 e. The number of fused-ring (bicyclic) bond motifs is 3. The number of aromatic amines is 1. The highest BCUT2D eigenvalue weighted by atomic mass is 32.1. The molecular formula is C14H13N3O2S. The van der Waals surface area contributed by atoms with Crippen molar-refractivity contribution >= 4 is 33.2 Å². The van der Waals surface area contributed by atoms with E-state index in [4.69, 9.17) is 11.0 Å². The molecule has 5 nitrogen and oxygen atoms in total. The zero-order valence-electron chi connectivity index (χ0n) is 11.2. The van der Waals surface area contributed by atoms with Gasteiger partial charge in [0.2, 0.25) is 5.43 Å². The SMILES string of the molecule is CC1(C)CC(=O)c2sc3[nH]c(N)c(C#N)c(=O)c3c2C1. The predicted molar refractivity (Wildman–Crippen MR) is 78.0 cm³/mol. The molecule has 0 fully saturated rings. The number of ketones is 1. The number of nitrogen functional groups attached to an aromatic ring is 1. The van der Waals surface area contributed by atoms with Crippen LogP contribution < -0.4 is 11.2 Å². The van der Waals surface area contributed by atoms with E-state index in [-0.39, 0.29) is 28.0 Å². The monoisotopic (exact) mass is 287 g/mol. The number of aromatic nitrogens is 1. The van der Waals surface area contributed by atoms with Gasteiger partial charge in [0.25, 0.3) is 0 Å². The molecule has 1 aliphatic carbocycles. The van der Waals surface area contributed by atoms with Crippen molar-refractivity contribution in [2.45, 2.75) is 26.7 Å². The first-order chi connectivity index (χ1) is 9.34. The highest BCUT2D eigenvalue weighted by molar-refractivity contribution is 7.20. The summed E-state index contributed by atoms with van der Waals surface area (Å²) in [6, 6.07) is 1.84. The molecule has 0 unspecified atom stereocenters. The Bertz CT molecular complexity index is 852. The molecule has 2 heterocycles. The molecule has 3 rings (SSSR count). The minimum absolute atomic E-state index is 0.0577. The average Bonchev–Trinajstić information content (AvgIpc) is 2.66. The fraction of sp³-hybridized carbons (Fsp3) is 0.357. The Hall–Kier alpha value is -2.13. The molecule has 0 aromatic carbocycles. The first-order valence-corrected chi connectivity index (χ1v) is 7.06. The Balaban J connectivity index is 2.44. The second-order valence-electron chi connectivity index (χ2n) is 5.91. The average molecular weight is 287 g/mol. The normalized spacial score (nSPS) is 16.9. The van der Waals surface area contributed by atoms with Gasteiger partial charge in [0, 0.05) is 6.42 Å². The molecule has 1 aliphatic rings. The van der Waals surface area contributed by atoms with Gasteiger partial charge in [-0.15, -0.1) is 11.3 Å². The van der Waals surface area contributed by atoms with Crippen molar-refractivity contribution in [3.05, 3.63) is 26.2 Å². The van der Waals surface area contributed by atoms with Crippen molar-refractivity contribution in [3.8, 4) is 6.07 Å². The van der Waals surface area contributed by atoms with Gasteiger partial charge in [-0.1, -0.05) is 13.8 Å². The van der Waals surface area contributed by atoms with E-state index in [1.54, 1.807) is 0 Å². The lowest BCUT2D eigenvalue weighted by atomic mass is 9.76. The Labute approximate surface area is 119 Å². The minimum Gasteiger partial charge on any atom is -0.384 e. The summed E-state index contributed by atoms with van der Waals surface area (Å²) in [4.78, 5) is 28.7. The smallest absolute Gasteiger partial charge is 0.210 e. The third kappa shape index (κ3) is 1.67. The number of hydrogen-bond donors (Lipinski definition) is 2. The Kier molecular flexibility index (Phi) is 2.53. The topological polar surface area (TPSA) is 99.7 Å². The molecule has 0 spiro atoms. The molecule has 0 bridgehead atoms. The number of nitrogens with two attached hydrogens (primary N) is 1. The van der Waals surface area contributed by atoms with Crippen LogP contribution in [0.4, 0.5) is 5.82 Å². The maximum absolute atomic E-state index is 12.4. The van der Waals surface area contributed by atoms with Crippen LogP contribution in [-0.2, 0) is 6.42 Å². The van der Waals surface area contributed by atoms with Crippen LogP contribution in [0.15, 0.2) is 4.79 Å². The fourth-order valence-electron chi connectivity index (χ4n) is 2.79. The van der Waals surface area contributed by atoms with Gasteiger partial charge in [-0.25, -0.2) is 0 Å². The number of carbonyl (C=O) groups excluding carboxylic acids is 1. The fourth-order valence-corrected chi connectivity index (χ4v) is 3.95. The first kappa shape index (κ1) is 12.9. The molecule has 2 aromatic rings. The summed E-state index contributed by atoms with van der Waals surface area (Å²) in [5, 5.41) is 9.50. The number of H-pyrrole nitrogens is 1.